The molecule has 1 atom stereocenters. The maximum Gasteiger partial charge on any atom is 0.153 e. The van der Waals surface area contributed by atoms with Crippen LogP contribution in [0.4, 0.5) is 0 Å². The second-order valence-electron chi connectivity index (χ2n) is 4.18. The summed E-state index contributed by atoms with van der Waals surface area (Å²) in [6.07, 6.45) is 4.29. The van der Waals surface area contributed by atoms with Crippen LogP contribution in [0.2, 0.25) is 0 Å². The van der Waals surface area contributed by atoms with Crippen LogP contribution >= 0.6 is 0 Å². The molecule has 0 saturated carbocycles. The fraction of sp³-hybridized carbons (Fsp3) is 0.556. The summed E-state index contributed by atoms with van der Waals surface area (Å²) in [6.45, 7) is 1.85. The van der Waals surface area contributed by atoms with E-state index in [2.05, 4.69) is 5.10 Å². The van der Waals surface area contributed by atoms with Crippen molar-refractivity contribution in [1.29, 1.82) is 0 Å². The summed E-state index contributed by atoms with van der Waals surface area (Å²) in [7, 11) is -2.95. The van der Waals surface area contributed by atoms with Crippen LogP contribution in [-0.4, -0.2) is 36.0 Å². The van der Waals surface area contributed by atoms with Crippen molar-refractivity contribution in [2.45, 2.75) is 18.9 Å². The van der Waals surface area contributed by atoms with E-state index < -0.39 is 15.4 Å². The van der Waals surface area contributed by atoms with Gasteiger partial charge in [0.25, 0.3) is 0 Å². The summed E-state index contributed by atoms with van der Waals surface area (Å²) >= 11 is 0. The van der Waals surface area contributed by atoms with E-state index in [0.29, 0.717) is 18.3 Å². The molecule has 5 nitrogen and oxygen atoms in total. The van der Waals surface area contributed by atoms with Crippen LogP contribution < -0.4 is 0 Å². The molecule has 0 amide bonds. The predicted octanol–water partition coefficient (Wildman–Crippen LogP) is 0.229. The molecule has 6 heteroatoms. The van der Waals surface area contributed by atoms with Gasteiger partial charge in [0, 0.05) is 6.20 Å². The second kappa shape index (κ2) is 3.16. The van der Waals surface area contributed by atoms with E-state index >= 15 is 0 Å². The third kappa shape index (κ3) is 1.81. The molecule has 0 N–H and O–H groups in total. The van der Waals surface area contributed by atoms with Crippen LogP contribution in [0.15, 0.2) is 12.4 Å². The molecule has 0 bridgehead atoms. The van der Waals surface area contributed by atoms with Crippen molar-refractivity contribution in [3.05, 3.63) is 18.0 Å². The van der Waals surface area contributed by atoms with Crippen LogP contribution in [-0.2, 0) is 15.4 Å². The zero-order valence-electron chi connectivity index (χ0n) is 8.38. The molecule has 1 aliphatic rings. The van der Waals surface area contributed by atoms with Crippen molar-refractivity contribution in [3.8, 4) is 0 Å². The van der Waals surface area contributed by atoms with E-state index in [1.807, 2.05) is 6.92 Å². The molecular weight excluding hydrogens is 216 g/mol. The van der Waals surface area contributed by atoms with Gasteiger partial charge in [0.15, 0.2) is 16.1 Å². The van der Waals surface area contributed by atoms with E-state index in [0.717, 1.165) is 0 Å². The van der Waals surface area contributed by atoms with Crippen molar-refractivity contribution in [3.63, 3.8) is 0 Å². The molecule has 1 fully saturated rings. The van der Waals surface area contributed by atoms with Crippen LogP contribution in [0.1, 0.15) is 23.7 Å². The van der Waals surface area contributed by atoms with Gasteiger partial charge in [0.2, 0.25) is 0 Å². The highest BCUT2D eigenvalue weighted by atomic mass is 32.2. The number of hydrogen-bond acceptors (Lipinski definition) is 4. The minimum Gasteiger partial charge on any atom is -0.298 e. The van der Waals surface area contributed by atoms with E-state index in [-0.39, 0.29) is 11.5 Å². The number of rotatable bonds is 2. The van der Waals surface area contributed by atoms with Gasteiger partial charge in [0.05, 0.1) is 28.8 Å². The smallest absolute Gasteiger partial charge is 0.153 e. The largest absolute Gasteiger partial charge is 0.298 e. The van der Waals surface area contributed by atoms with E-state index in [9.17, 15) is 13.2 Å². The highest BCUT2D eigenvalue weighted by Gasteiger charge is 2.40. The minimum absolute atomic E-state index is 0.0972. The first-order chi connectivity index (χ1) is 6.95. The quantitative estimate of drug-likeness (QED) is 0.679. The molecule has 1 aromatic rings. The van der Waals surface area contributed by atoms with Gasteiger partial charge in [0.1, 0.15) is 0 Å². The van der Waals surface area contributed by atoms with Gasteiger partial charge >= 0.3 is 0 Å². The highest BCUT2D eigenvalue weighted by molar-refractivity contribution is 7.91. The standard InChI is InChI=1S/C9H12N2O3S/c1-9(2-3-15(13,14)7-9)11-5-8(6-12)4-10-11/h4-6H,2-3,7H2,1H3. The second-order valence-corrected chi connectivity index (χ2v) is 6.36. The van der Waals surface area contributed by atoms with E-state index in [1.54, 1.807) is 10.9 Å². The number of hydrogen-bond donors (Lipinski definition) is 0. The molecule has 2 heterocycles. The normalized spacial score (nSPS) is 29.1. The molecule has 1 saturated heterocycles. The number of carbonyl (C=O) groups excluding carboxylic acids is 1. The Morgan fingerprint density at radius 1 is 1.60 bits per heavy atom. The summed E-state index contributed by atoms with van der Waals surface area (Å²) in [5.41, 5.74) is -0.0272. The Bertz CT molecular complexity index is 491. The van der Waals surface area contributed by atoms with Gasteiger partial charge in [-0.2, -0.15) is 5.10 Å². The number of nitrogens with zero attached hydrogens (tertiary/aromatic N) is 2. The van der Waals surface area contributed by atoms with Gasteiger partial charge in [-0.3, -0.25) is 9.48 Å². The Morgan fingerprint density at radius 3 is 2.80 bits per heavy atom. The minimum atomic E-state index is -2.95. The predicted molar refractivity (Wildman–Crippen MR) is 54.5 cm³/mol. The molecule has 0 aromatic carbocycles. The van der Waals surface area contributed by atoms with Crippen LogP contribution in [0, 0.1) is 0 Å². The van der Waals surface area contributed by atoms with Gasteiger partial charge in [-0.25, -0.2) is 8.42 Å². The summed E-state index contributed by atoms with van der Waals surface area (Å²) < 4.78 is 24.4. The number of sulfone groups is 1. The van der Waals surface area contributed by atoms with Crippen molar-refractivity contribution in [2.75, 3.05) is 11.5 Å². The Balaban J connectivity index is 2.35. The maximum atomic E-state index is 11.4. The molecule has 0 spiro atoms. The third-order valence-corrected chi connectivity index (χ3v) is 4.66. The lowest BCUT2D eigenvalue weighted by molar-refractivity contribution is 0.112. The monoisotopic (exact) mass is 228 g/mol. The molecule has 1 unspecified atom stereocenters. The number of aldehydes is 1. The summed E-state index contributed by atoms with van der Waals surface area (Å²) in [5, 5.41) is 4.03. The highest BCUT2D eigenvalue weighted by Crippen LogP contribution is 2.29. The van der Waals surface area contributed by atoms with Crippen LogP contribution in [0.5, 0.6) is 0 Å². The molecule has 1 aromatic heterocycles. The summed E-state index contributed by atoms with van der Waals surface area (Å²) in [4.78, 5) is 10.5. The Kier molecular flexibility index (Phi) is 2.18. The zero-order valence-corrected chi connectivity index (χ0v) is 9.20. The SMILES string of the molecule is CC1(n2cc(C=O)cn2)CCS(=O)(=O)C1. The average Bonchev–Trinajstić information content (AvgIpc) is 2.71. The van der Waals surface area contributed by atoms with Crippen molar-refractivity contribution in [1.82, 2.24) is 9.78 Å². The molecule has 1 aliphatic heterocycles. The van der Waals surface area contributed by atoms with E-state index in [4.69, 9.17) is 0 Å². The Hall–Kier alpha value is -1.17. The van der Waals surface area contributed by atoms with Crippen molar-refractivity contribution < 1.29 is 13.2 Å². The lowest BCUT2D eigenvalue weighted by Gasteiger charge is -2.22. The van der Waals surface area contributed by atoms with Gasteiger partial charge < -0.3 is 0 Å². The Morgan fingerprint density at radius 2 is 2.33 bits per heavy atom. The third-order valence-electron chi connectivity index (χ3n) is 2.77. The lowest BCUT2D eigenvalue weighted by atomic mass is 10.0. The number of aromatic nitrogens is 2. The molecule has 2 rings (SSSR count). The topological polar surface area (TPSA) is 69.0 Å². The number of carbonyl (C=O) groups is 1. The van der Waals surface area contributed by atoms with E-state index in [1.165, 1.54) is 6.20 Å². The van der Waals surface area contributed by atoms with Crippen LogP contribution in [0.3, 0.4) is 0 Å². The van der Waals surface area contributed by atoms with Gasteiger partial charge in [-0.1, -0.05) is 0 Å². The van der Waals surface area contributed by atoms with Gasteiger partial charge in [-0.05, 0) is 13.3 Å². The van der Waals surface area contributed by atoms with Crippen LogP contribution in [0.25, 0.3) is 0 Å². The summed E-state index contributed by atoms with van der Waals surface area (Å²) in [6, 6.07) is 0. The molecule has 0 radical (unpaired) electrons. The first-order valence-electron chi connectivity index (χ1n) is 4.66. The maximum absolute atomic E-state index is 11.4. The first kappa shape index (κ1) is 10.4. The fourth-order valence-corrected chi connectivity index (χ4v) is 3.99. The average molecular weight is 228 g/mol. The molecule has 15 heavy (non-hydrogen) atoms. The first-order valence-corrected chi connectivity index (χ1v) is 6.48. The Labute approximate surface area is 88.0 Å². The molecular formula is C9H12N2O3S. The van der Waals surface area contributed by atoms with Crippen molar-refractivity contribution in [2.24, 2.45) is 0 Å². The zero-order chi connectivity index (χ0) is 11.1. The van der Waals surface area contributed by atoms with Crippen molar-refractivity contribution >= 4 is 16.1 Å². The lowest BCUT2D eigenvalue weighted by Crippen LogP contribution is -2.31. The van der Waals surface area contributed by atoms with Gasteiger partial charge in [-0.15, -0.1) is 0 Å². The molecule has 82 valence electrons. The fourth-order valence-electron chi connectivity index (χ4n) is 1.87. The summed E-state index contributed by atoms with van der Waals surface area (Å²) in [5.74, 6) is 0.291. The molecule has 0 aliphatic carbocycles.